The molecule has 7 nitrogen and oxygen atoms in total. The minimum atomic E-state index is -0.601. The average molecular weight is 511 g/mol. The van der Waals surface area contributed by atoms with Crippen molar-refractivity contribution in [3.8, 4) is 17.2 Å². The summed E-state index contributed by atoms with van der Waals surface area (Å²) >= 11 is 0. The highest BCUT2D eigenvalue weighted by molar-refractivity contribution is 5.92. The summed E-state index contributed by atoms with van der Waals surface area (Å²) < 4.78 is 15.9. The third kappa shape index (κ3) is 7.99. The summed E-state index contributed by atoms with van der Waals surface area (Å²) in [6, 6.07) is 17.9. The third-order valence-corrected chi connectivity index (χ3v) is 5.31. The van der Waals surface area contributed by atoms with Crippen molar-refractivity contribution in [2.24, 2.45) is 0 Å². The molecule has 192 valence electrons. The van der Waals surface area contributed by atoms with Gasteiger partial charge in [-0.3, -0.25) is 4.79 Å². The topological polar surface area (TPSA) is 96.0 Å². The molecule has 0 heterocycles. The molecule has 0 spiro atoms. The Hall–Kier alpha value is -5.04. The summed E-state index contributed by atoms with van der Waals surface area (Å²) in [5.74, 6) is -0.901. The van der Waals surface area contributed by atoms with Crippen LogP contribution < -0.4 is 14.2 Å². The molecular formula is C31H26O7. The van der Waals surface area contributed by atoms with Crippen LogP contribution >= 0.6 is 0 Å². The molecule has 0 saturated heterocycles. The van der Waals surface area contributed by atoms with Gasteiger partial charge in [0.05, 0.1) is 5.56 Å². The molecule has 0 atom stereocenters. The van der Waals surface area contributed by atoms with Gasteiger partial charge in [-0.15, -0.1) is 0 Å². The number of rotatable bonds is 11. The maximum atomic E-state index is 12.5. The minimum absolute atomic E-state index is 0.0632. The Morgan fingerprint density at radius 1 is 0.763 bits per heavy atom. The van der Waals surface area contributed by atoms with E-state index in [0.717, 1.165) is 17.2 Å². The molecule has 0 radical (unpaired) electrons. The fourth-order valence-electron chi connectivity index (χ4n) is 3.30. The van der Waals surface area contributed by atoms with Gasteiger partial charge in [-0.25, -0.2) is 14.4 Å². The number of aryl methyl sites for hydroxylation is 1. The fraction of sp³-hybridized carbons (Fsp3) is 0.0968. The normalized spacial score (nSPS) is 10.4. The number of benzene rings is 3. The smallest absolute Gasteiger partial charge is 0.343 e. The number of ether oxygens (including phenoxy) is 3. The van der Waals surface area contributed by atoms with Gasteiger partial charge in [-0.2, -0.15) is 0 Å². The number of ketones is 1. The van der Waals surface area contributed by atoms with Gasteiger partial charge in [0.25, 0.3) is 0 Å². The predicted octanol–water partition coefficient (Wildman–Crippen LogP) is 5.48. The molecule has 0 aliphatic rings. The first-order valence-electron chi connectivity index (χ1n) is 11.7. The molecule has 3 aromatic carbocycles. The van der Waals surface area contributed by atoms with Gasteiger partial charge in [0.2, 0.25) is 0 Å². The van der Waals surface area contributed by atoms with Gasteiger partial charge in [0.15, 0.2) is 5.78 Å². The van der Waals surface area contributed by atoms with Gasteiger partial charge in [-0.1, -0.05) is 44.3 Å². The SMILES string of the molecule is C=CC(=O)Cc1ccc(/C=C/C(=O)Oc2ccc(OC(=O)c3ccc(OC(=O)C=C)cc3)cc2CC)cc1. The van der Waals surface area contributed by atoms with Crippen molar-refractivity contribution in [3.63, 3.8) is 0 Å². The van der Waals surface area contributed by atoms with E-state index in [9.17, 15) is 19.2 Å². The minimum Gasteiger partial charge on any atom is -0.423 e. The molecule has 0 amide bonds. The van der Waals surface area contributed by atoms with E-state index in [0.29, 0.717) is 23.5 Å². The lowest BCUT2D eigenvalue weighted by Crippen LogP contribution is -2.10. The largest absolute Gasteiger partial charge is 0.423 e. The Labute approximate surface area is 220 Å². The molecule has 0 aliphatic heterocycles. The average Bonchev–Trinajstić information content (AvgIpc) is 2.93. The Morgan fingerprint density at radius 3 is 2.08 bits per heavy atom. The number of hydrogen-bond acceptors (Lipinski definition) is 7. The first-order chi connectivity index (χ1) is 18.3. The molecule has 0 unspecified atom stereocenters. The van der Waals surface area contributed by atoms with Crippen molar-refractivity contribution in [1.82, 2.24) is 0 Å². The molecule has 38 heavy (non-hydrogen) atoms. The number of allylic oxidation sites excluding steroid dienone is 1. The lowest BCUT2D eigenvalue weighted by Gasteiger charge is -2.10. The molecular weight excluding hydrogens is 484 g/mol. The summed E-state index contributed by atoms with van der Waals surface area (Å²) in [6.07, 6.45) is 6.07. The zero-order chi connectivity index (χ0) is 27.5. The van der Waals surface area contributed by atoms with Crippen molar-refractivity contribution >= 4 is 29.8 Å². The summed E-state index contributed by atoms with van der Waals surface area (Å²) in [5.41, 5.74) is 2.58. The van der Waals surface area contributed by atoms with E-state index in [2.05, 4.69) is 13.2 Å². The lowest BCUT2D eigenvalue weighted by molar-refractivity contribution is -0.129. The van der Waals surface area contributed by atoms with Crippen molar-refractivity contribution in [3.05, 3.63) is 120 Å². The Morgan fingerprint density at radius 2 is 1.45 bits per heavy atom. The van der Waals surface area contributed by atoms with Crippen molar-refractivity contribution in [2.45, 2.75) is 19.8 Å². The Kier molecular flexibility index (Phi) is 9.65. The van der Waals surface area contributed by atoms with Crippen molar-refractivity contribution in [2.75, 3.05) is 0 Å². The zero-order valence-electron chi connectivity index (χ0n) is 20.8. The standard InChI is InChI=1S/C31H26O7/c1-4-23-20-27(37-31(35)24-12-14-26(15-13-24)36-29(33)6-3)16-17-28(23)38-30(34)18-11-21-7-9-22(10-8-21)19-25(32)5-2/h5-18,20H,2-4,19H2,1H3/b18-11+. The molecule has 0 aromatic heterocycles. The van der Waals surface area contributed by atoms with Crippen LogP contribution in [0.25, 0.3) is 6.08 Å². The van der Waals surface area contributed by atoms with Crippen LogP contribution in [0, 0.1) is 0 Å². The van der Waals surface area contributed by atoms with Crippen LogP contribution in [-0.2, 0) is 27.2 Å². The quantitative estimate of drug-likeness (QED) is 0.192. The summed E-state index contributed by atoms with van der Waals surface area (Å²) in [4.78, 5) is 47.6. The zero-order valence-corrected chi connectivity index (χ0v) is 20.8. The molecule has 7 heteroatoms. The first-order valence-corrected chi connectivity index (χ1v) is 11.7. The maximum absolute atomic E-state index is 12.5. The van der Waals surface area contributed by atoms with Gasteiger partial charge in [0, 0.05) is 18.6 Å². The maximum Gasteiger partial charge on any atom is 0.343 e. The lowest BCUT2D eigenvalue weighted by atomic mass is 10.1. The number of esters is 3. The first kappa shape index (κ1) is 27.5. The van der Waals surface area contributed by atoms with Crippen LogP contribution in [0.3, 0.4) is 0 Å². The van der Waals surface area contributed by atoms with Crippen LogP contribution in [0.4, 0.5) is 0 Å². The van der Waals surface area contributed by atoms with Gasteiger partial charge in [-0.05, 0) is 77.7 Å². The van der Waals surface area contributed by atoms with E-state index in [1.54, 1.807) is 30.3 Å². The van der Waals surface area contributed by atoms with E-state index >= 15 is 0 Å². The highest BCUT2D eigenvalue weighted by Gasteiger charge is 2.13. The van der Waals surface area contributed by atoms with E-state index in [-0.39, 0.29) is 23.5 Å². The Balaban J connectivity index is 1.61. The van der Waals surface area contributed by atoms with Crippen LogP contribution in [0.1, 0.15) is 34.0 Å². The molecule has 0 fully saturated rings. The third-order valence-electron chi connectivity index (χ3n) is 5.31. The second-order valence-electron chi connectivity index (χ2n) is 8.01. The second-order valence-corrected chi connectivity index (χ2v) is 8.01. The van der Waals surface area contributed by atoms with Gasteiger partial charge >= 0.3 is 17.9 Å². The van der Waals surface area contributed by atoms with Crippen LogP contribution in [0.15, 0.2) is 98.1 Å². The molecule has 0 N–H and O–H groups in total. The van der Waals surface area contributed by atoms with Crippen LogP contribution in [-0.4, -0.2) is 23.7 Å². The van der Waals surface area contributed by atoms with Gasteiger partial charge in [0.1, 0.15) is 17.2 Å². The molecule has 0 aliphatic carbocycles. The van der Waals surface area contributed by atoms with Crippen LogP contribution in [0.2, 0.25) is 0 Å². The Bertz CT molecular complexity index is 1380. The number of carbonyl (C=O) groups excluding carboxylic acids is 4. The highest BCUT2D eigenvalue weighted by atomic mass is 16.5. The monoisotopic (exact) mass is 510 g/mol. The van der Waals surface area contributed by atoms with Gasteiger partial charge < -0.3 is 14.2 Å². The molecule has 3 aromatic rings. The summed E-state index contributed by atoms with van der Waals surface area (Å²) in [6.45, 7) is 8.68. The fourth-order valence-corrected chi connectivity index (χ4v) is 3.30. The summed E-state index contributed by atoms with van der Waals surface area (Å²) in [7, 11) is 0. The summed E-state index contributed by atoms with van der Waals surface area (Å²) in [5, 5.41) is 0. The van der Waals surface area contributed by atoms with Crippen LogP contribution in [0.5, 0.6) is 17.2 Å². The highest BCUT2D eigenvalue weighted by Crippen LogP contribution is 2.26. The molecule has 0 saturated carbocycles. The molecule has 3 rings (SSSR count). The van der Waals surface area contributed by atoms with E-state index < -0.39 is 17.9 Å². The van der Waals surface area contributed by atoms with E-state index in [1.807, 2.05) is 19.1 Å². The number of carbonyl (C=O) groups is 4. The van der Waals surface area contributed by atoms with E-state index in [4.69, 9.17) is 14.2 Å². The van der Waals surface area contributed by atoms with Crippen molar-refractivity contribution < 1.29 is 33.4 Å². The predicted molar refractivity (Wildman–Crippen MR) is 143 cm³/mol. The molecule has 0 bridgehead atoms. The van der Waals surface area contributed by atoms with Crippen molar-refractivity contribution in [1.29, 1.82) is 0 Å². The van der Waals surface area contributed by atoms with E-state index in [1.165, 1.54) is 42.5 Å². The number of hydrogen-bond donors (Lipinski definition) is 0. The second kappa shape index (κ2) is 13.3.